The first-order valence-electron chi connectivity index (χ1n) is 8.43. The first-order chi connectivity index (χ1) is 12.7. The number of hydrogen-bond donors (Lipinski definition) is 3. The highest BCUT2D eigenvalue weighted by Gasteiger charge is 2.11. The van der Waals surface area contributed by atoms with Gasteiger partial charge in [-0.1, -0.05) is 12.1 Å². The molecule has 1 amide bonds. The fourth-order valence-electron chi connectivity index (χ4n) is 2.56. The van der Waals surface area contributed by atoms with Crippen LogP contribution in [0, 0.1) is 0 Å². The van der Waals surface area contributed by atoms with Gasteiger partial charge in [-0.3, -0.25) is 4.79 Å². The van der Waals surface area contributed by atoms with Crippen LogP contribution in [0.3, 0.4) is 0 Å². The quantitative estimate of drug-likeness (QED) is 0.354. The van der Waals surface area contributed by atoms with Crippen LogP contribution in [0.5, 0.6) is 11.5 Å². The lowest BCUT2D eigenvalue weighted by Gasteiger charge is -2.11. The number of amides is 1. The molecule has 27 heavy (non-hydrogen) atoms. The zero-order valence-corrected chi connectivity index (χ0v) is 17.4. The molecular weight excluding hydrogens is 459 g/mol. The summed E-state index contributed by atoms with van der Waals surface area (Å²) in [7, 11) is 1.60. The number of nitrogens with one attached hydrogen (secondary N) is 2. The van der Waals surface area contributed by atoms with E-state index >= 15 is 0 Å². The lowest BCUT2D eigenvalue weighted by molar-refractivity contribution is 0.0963. The maximum Gasteiger partial charge on any atom is 0.251 e. The van der Waals surface area contributed by atoms with Crippen LogP contribution in [0.2, 0.25) is 0 Å². The minimum atomic E-state index is -0.130. The SMILES string of the molecule is CNC(=O)c1cccc(CN=C(N)Nc2ccc3c(c2)OCCCO3)c1.I. The van der Waals surface area contributed by atoms with Crippen molar-refractivity contribution in [2.24, 2.45) is 10.7 Å². The molecular formula is C19H23IN4O3. The number of rotatable bonds is 4. The smallest absolute Gasteiger partial charge is 0.251 e. The maximum atomic E-state index is 11.7. The van der Waals surface area contributed by atoms with Crippen LogP contribution < -0.4 is 25.8 Å². The molecule has 4 N–H and O–H groups in total. The van der Waals surface area contributed by atoms with E-state index in [0.29, 0.717) is 31.1 Å². The summed E-state index contributed by atoms with van der Waals surface area (Å²) in [6, 6.07) is 12.8. The number of nitrogens with zero attached hydrogens (tertiary/aromatic N) is 1. The average molecular weight is 482 g/mol. The summed E-state index contributed by atoms with van der Waals surface area (Å²) in [6.07, 6.45) is 0.857. The summed E-state index contributed by atoms with van der Waals surface area (Å²) >= 11 is 0. The van der Waals surface area contributed by atoms with Crippen molar-refractivity contribution in [3.63, 3.8) is 0 Å². The molecule has 144 valence electrons. The van der Waals surface area contributed by atoms with Gasteiger partial charge in [0.2, 0.25) is 0 Å². The molecule has 2 aromatic carbocycles. The summed E-state index contributed by atoms with van der Waals surface area (Å²) in [5, 5.41) is 5.65. The van der Waals surface area contributed by atoms with Crippen molar-refractivity contribution in [3.8, 4) is 11.5 Å². The van der Waals surface area contributed by atoms with E-state index in [9.17, 15) is 4.79 Å². The van der Waals surface area contributed by atoms with E-state index < -0.39 is 0 Å². The van der Waals surface area contributed by atoms with E-state index in [0.717, 1.165) is 23.4 Å². The summed E-state index contributed by atoms with van der Waals surface area (Å²) in [4.78, 5) is 16.0. The van der Waals surface area contributed by atoms with Gasteiger partial charge in [0, 0.05) is 30.8 Å². The number of guanidine groups is 1. The van der Waals surface area contributed by atoms with Gasteiger partial charge in [-0.15, -0.1) is 24.0 Å². The molecule has 0 aromatic heterocycles. The second-order valence-electron chi connectivity index (χ2n) is 5.82. The Morgan fingerprint density at radius 2 is 1.93 bits per heavy atom. The van der Waals surface area contributed by atoms with Gasteiger partial charge in [0.15, 0.2) is 17.5 Å². The molecule has 8 heteroatoms. The fourth-order valence-corrected chi connectivity index (χ4v) is 2.56. The fraction of sp³-hybridized carbons (Fsp3) is 0.263. The van der Waals surface area contributed by atoms with E-state index in [2.05, 4.69) is 15.6 Å². The van der Waals surface area contributed by atoms with Gasteiger partial charge >= 0.3 is 0 Å². The Hall–Kier alpha value is -2.49. The van der Waals surface area contributed by atoms with E-state index in [1.165, 1.54) is 0 Å². The molecule has 0 spiro atoms. The highest BCUT2D eigenvalue weighted by molar-refractivity contribution is 14.0. The number of anilines is 1. The van der Waals surface area contributed by atoms with Crippen LogP contribution in [-0.4, -0.2) is 32.1 Å². The number of halogens is 1. The molecule has 0 saturated carbocycles. The molecule has 1 heterocycles. The van der Waals surface area contributed by atoms with Crippen molar-refractivity contribution in [3.05, 3.63) is 53.6 Å². The van der Waals surface area contributed by atoms with E-state index in [1.54, 1.807) is 19.2 Å². The topological polar surface area (TPSA) is 98.0 Å². The van der Waals surface area contributed by atoms with Gasteiger partial charge in [0.1, 0.15) is 0 Å². The largest absolute Gasteiger partial charge is 0.490 e. The summed E-state index contributed by atoms with van der Waals surface area (Å²) in [6.45, 7) is 1.65. The predicted octanol–water partition coefficient (Wildman–Crippen LogP) is 2.75. The molecule has 0 unspecified atom stereocenters. The lowest BCUT2D eigenvalue weighted by Crippen LogP contribution is -2.22. The number of hydrogen-bond acceptors (Lipinski definition) is 4. The zero-order valence-electron chi connectivity index (χ0n) is 15.0. The molecule has 0 bridgehead atoms. The maximum absolute atomic E-state index is 11.7. The number of nitrogens with two attached hydrogens (primary N) is 1. The van der Waals surface area contributed by atoms with Crippen molar-refractivity contribution < 1.29 is 14.3 Å². The van der Waals surface area contributed by atoms with Crippen molar-refractivity contribution in [1.29, 1.82) is 0 Å². The number of aliphatic imine (C=N–C) groups is 1. The molecule has 1 aliphatic rings. The third-order valence-corrected chi connectivity index (χ3v) is 3.87. The molecule has 2 aromatic rings. The van der Waals surface area contributed by atoms with Crippen LogP contribution in [0.4, 0.5) is 5.69 Å². The third kappa shape index (κ3) is 5.75. The monoisotopic (exact) mass is 482 g/mol. The van der Waals surface area contributed by atoms with Gasteiger partial charge in [-0.2, -0.15) is 0 Å². The average Bonchev–Trinajstić information content (AvgIpc) is 2.91. The number of carbonyl (C=O) groups is 1. The van der Waals surface area contributed by atoms with Gasteiger partial charge in [0.05, 0.1) is 19.8 Å². The minimum Gasteiger partial charge on any atom is -0.490 e. The number of benzene rings is 2. The van der Waals surface area contributed by atoms with Gasteiger partial charge < -0.3 is 25.8 Å². The van der Waals surface area contributed by atoms with Gasteiger partial charge in [-0.05, 0) is 29.8 Å². The second kappa shape index (κ2) is 10.0. The molecule has 0 radical (unpaired) electrons. The van der Waals surface area contributed by atoms with Crippen molar-refractivity contribution in [2.75, 3.05) is 25.6 Å². The van der Waals surface area contributed by atoms with Crippen LogP contribution in [0.25, 0.3) is 0 Å². The Morgan fingerprint density at radius 1 is 1.15 bits per heavy atom. The molecule has 3 rings (SSSR count). The summed E-state index contributed by atoms with van der Waals surface area (Å²) < 4.78 is 11.3. The Bertz CT molecular complexity index is 826. The Kier molecular flexibility index (Phi) is 7.71. The lowest BCUT2D eigenvalue weighted by atomic mass is 10.1. The van der Waals surface area contributed by atoms with E-state index in [1.807, 2.05) is 30.3 Å². The van der Waals surface area contributed by atoms with Crippen LogP contribution in [-0.2, 0) is 6.54 Å². The first kappa shape index (κ1) is 20.8. The normalized spacial score (nSPS) is 13.1. The zero-order chi connectivity index (χ0) is 18.4. The highest BCUT2D eigenvalue weighted by Crippen LogP contribution is 2.32. The number of fused-ring (bicyclic) bond motifs is 1. The number of carbonyl (C=O) groups excluding carboxylic acids is 1. The molecule has 0 atom stereocenters. The predicted molar refractivity (Wildman–Crippen MR) is 116 cm³/mol. The first-order valence-corrected chi connectivity index (χ1v) is 8.43. The third-order valence-electron chi connectivity index (χ3n) is 3.87. The minimum absolute atomic E-state index is 0. The molecule has 7 nitrogen and oxygen atoms in total. The highest BCUT2D eigenvalue weighted by atomic mass is 127. The molecule has 0 fully saturated rings. The molecule has 0 saturated heterocycles. The summed E-state index contributed by atoms with van der Waals surface area (Å²) in [5.41, 5.74) is 8.23. The van der Waals surface area contributed by atoms with Crippen LogP contribution in [0.15, 0.2) is 47.5 Å². The number of ether oxygens (including phenoxy) is 2. The van der Waals surface area contributed by atoms with Crippen molar-refractivity contribution in [1.82, 2.24) is 5.32 Å². The van der Waals surface area contributed by atoms with Gasteiger partial charge in [0.25, 0.3) is 5.91 Å². The molecule has 1 aliphatic heterocycles. The van der Waals surface area contributed by atoms with E-state index in [-0.39, 0.29) is 35.8 Å². The standard InChI is InChI=1S/C19H22N4O3.HI/c1-21-18(24)14-5-2-4-13(10-14)12-22-19(20)23-15-6-7-16-17(11-15)26-9-3-8-25-16;/h2,4-7,10-11H,3,8-9,12H2,1H3,(H,21,24)(H3,20,22,23);1H. The van der Waals surface area contributed by atoms with Crippen LogP contribution in [0.1, 0.15) is 22.3 Å². The Balaban J connectivity index is 0.00000261. The van der Waals surface area contributed by atoms with Crippen molar-refractivity contribution in [2.45, 2.75) is 13.0 Å². The second-order valence-corrected chi connectivity index (χ2v) is 5.82. The summed E-state index contributed by atoms with van der Waals surface area (Å²) in [5.74, 6) is 1.58. The molecule has 0 aliphatic carbocycles. The van der Waals surface area contributed by atoms with E-state index in [4.69, 9.17) is 15.2 Å². The van der Waals surface area contributed by atoms with Crippen molar-refractivity contribution >= 4 is 41.5 Å². The Morgan fingerprint density at radius 3 is 2.70 bits per heavy atom. The Labute approximate surface area is 175 Å². The van der Waals surface area contributed by atoms with Crippen LogP contribution >= 0.6 is 24.0 Å². The van der Waals surface area contributed by atoms with Gasteiger partial charge in [-0.25, -0.2) is 4.99 Å².